The number of carbonyl (C=O) groups is 1. The predicted octanol–water partition coefficient (Wildman–Crippen LogP) is 2.08. The van der Waals surface area contributed by atoms with E-state index in [1.165, 1.54) is 0 Å². The van der Waals surface area contributed by atoms with Gasteiger partial charge in [0.2, 0.25) is 0 Å². The first-order chi connectivity index (χ1) is 6.45. The zero-order chi connectivity index (χ0) is 10.9. The van der Waals surface area contributed by atoms with Gasteiger partial charge in [0.1, 0.15) is 11.3 Å². The molecule has 0 amide bonds. The molecular formula is C7H4ClF2NO3. The largest absolute Gasteiger partial charge is 0.505 e. The summed E-state index contributed by atoms with van der Waals surface area (Å²) in [5, 5.41) is 17.2. The molecule has 0 radical (unpaired) electrons. The lowest BCUT2D eigenvalue weighted by atomic mass is 10.2. The minimum Gasteiger partial charge on any atom is -0.505 e. The van der Waals surface area contributed by atoms with Crippen LogP contribution in [0.4, 0.5) is 8.78 Å². The monoisotopic (exact) mass is 223 g/mol. The van der Waals surface area contributed by atoms with Gasteiger partial charge in [0.05, 0.1) is 5.02 Å². The van der Waals surface area contributed by atoms with Crippen molar-refractivity contribution in [3.63, 3.8) is 0 Å². The van der Waals surface area contributed by atoms with E-state index >= 15 is 0 Å². The SMILES string of the molecule is O=C(O)c1c(Cl)cnc(C(F)F)c1O. The lowest BCUT2D eigenvalue weighted by molar-refractivity contribution is 0.0692. The van der Waals surface area contributed by atoms with Crippen molar-refractivity contribution in [3.05, 3.63) is 22.5 Å². The fraction of sp³-hybridized carbons (Fsp3) is 0.143. The second kappa shape index (κ2) is 3.75. The first kappa shape index (κ1) is 10.6. The van der Waals surface area contributed by atoms with E-state index in [2.05, 4.69) is 4.98 Å². The smallest absolute Gasteiger partial charge is 0.341 e. The number of halogens is 3. The Kier molecular flexibility index (Phi) is 2.85. The Labute approximate surface area is 81.8 Å². The number of carboxylic acid groups (broad SMARTS) is 1. The van der Waals surface area contributed by atoms with Gasteiger partial charge in [0.25, 0.3) is 6.43 Å². The molecule has 14 heavy (non-hydrogen) atoms. The van der Waals surface area contributed by atoms with Gasteiger partial charge in [-0.05, 0) is 0 Å². The summed E-state index contributed by atoms with van der Waals surface area (Å²) in [6, 6.07) is 0. The summed E-state index contributed by atoms with van der Waals surface area (Å²) in [7, 11) is 0. The maximum atomic E-state index is 12.1. The average Bonchev–Trinajstić information content (AvgIpc) is 2.02. The molecule has 7 heteroatoms. The van der Waals surface area contributed by atoms with Crippen LogP contribution in [-0.4, -0.2) is 21.2 Å². The van der Waals surface area contributed by atoms with Gasteiger partial charge >= 0.3 is 5.97 Å². The first-order valence-corrected chi connectivity index (χ1v) is 3.71. The Bertz CT molecular complexity index is 383. The topological polar surface area (TPSA) is 70.4 Å². The number of nitrogens with zero attached hydrogens (tertiary/aromatic N) is 1. The first-order valence-electron chi connectivity index (χ1n) is 3.34. The van der Waals surface area contributed by atoms with Crippen LogP contribution in [0.25, 0.3) is 0 Å². The highest BCUT2D eigenvalue weighted by Gasteiger charge is 2.23. The lowest BCUT2D eigenvalue weighted by Gasteiger charge is -2.06. The molecule has 1 rings (SSSR count). The third-order valence-electron chi connectivity index (χ3n) is 1.46. The zero-order valence-corrected chi connectivity index (χ0v) is 7.29. The second-order valence-corrected chi connectivity index (χ2v) is 2.73. The van der Waals surface area contributed by atoms with Crippen LogP contribution in [0.5, 0.6) is 5.75 Å². The molecule has 2 N–H and O–H groups in total. The molecule has 0 saturated carbocycles. The van der Waals surface area contributed by atoms with Crippen LogP contribution in [0.1, 0.15) is 22.5 Å². The number of alkyl halides is 2. The highest BCUT2D eigenvalue weighted by atomic mass is 35.5. The van der Waals surface area contributed by atoms with Crippen LogP contribution in [0.2, 0.25) is 5.02 Å². The van der Waals surface area contributed by atoms with E-state index in [-0.39, 0.29) is 5.02 Å². The lowest BCUT2D eigenvalue weighted by Crippen LogP contribution is -2.02. The van der Waals surface area contributed by atoms with Crippen LogP contribution in [-0.2, 0) is 0 Å². The highest BCUT2D eigenvalue weighted by Crippen LogP contribution is 2.32. The number of aromatic hydroxyl groups is 1. The third kappa shape index (κ3) is 1.74. The number of hydrogen-bond donors (Lipinski definition) is 2. The fourth-order valence-corrected chi connectivity index (χ4v) is 1.08. The number of hydrogen-bond acceptors (Lipinski definition) is 3. The summed E-state index contributed by atoms with van der Waals surface area (Å²) in [6.07, 6.45) is -2.29. The van der Waals surface area contributed by atoms with Crippen LogP contribution < -0.4 is 0 Å². The van der Waals surface area contributed by atoms with Gasteiger partial charge in [-0.2, -0.15) is 0 Å². The number of carboxylic acids is 1. The van der Waals surface area contributed by atoms with Gasteiger partial charge in [-0.3, -0.25) is 0 Å². The summed E-state index contributed by atoms with van der Waals surface area (Å²) in [5.41, 5.74) is -1.76. The molecule has 0 unspecified atom stereocenters. The van der Waals surface area contributed by atoms with Crippen molar-refractivity contribution in [3.8, 4) is 5.75 Å². The summed E-state index contributed by atoms with van der Waals surface area (Å²) >= 11 is 5.35. The molecule has 4 nitrogen and oxygen atoms in total. The van der Waals surface area contributed by atoms with Gasteiger partial charge in [-0.1, -0.05) is 11.6 Å². The normalized spacial score (nSPS) is 10.6. The molecule has 0 aromatic carbocycles. The van der Waals surface area contributed by atoms with Gasteiger partial charge in [-0.15, -0.1) is 0 Å². The fourth-order valence-electron chi connectivity index (χ4n) is 0.856. The van der Waals surface area contributed by atoms with Crippen molar-refractivity contribution in [1.82, 2.24) is 4.98 Å². The van der Waals surface area contributed by atoms with Crippen molar-refractivity contribution >= 4 is 17.6 Å². The number of aromatic nitrogens is 1. The Morgan fingerprint density at radius 2 is 2.14 bits per heavy atom. The highest BCUT2D eigenvalue weighted by molar-refractivity contribution is 6.33. The predicted molar refractivity (Wildman–Crippen MR) is 42.8 cm³/mol. The number of pyridine rings is 1. The molecule has 1 aromatic rings. The standard InChI is InChI=1S/C7H4ClF2NO3/c8-2-1-11-4(6(9)10)5(12)3(2)7(13)14/h1,6,12H,(H,13,14). The minimum absolute atomic E-state index is 0.389. The molecule has 1 heterocycles. The Hall–Kier alpha value is -1.43. The van der Waals surface area contributed by atoms with Gasteiger partial charge in [-0.25, -0.2) is 18.6 Å². The molecule has 76 valence electrons. The van der Waals surface area contributed by atoms with E-state index in [4.69, 9.17) is 21.8 Å². The van der Waals surface area contributed by atoms with Gasteiger partial charge in [0, 0.05) is 6.20 Å². The Morgan fingerprint density at radius 3 is 2.57 bits per heavy atom. The van der Waals surface area contributed by atoms with Crippen molar-refractivity contribution in [2.24, 2.45) is 0 Å². The van der Waals surface area contributed by atoms with E-state index in [1.807, 2.05) is 0 Å². The quantitative estimate of drug-likeness (QED) is 0.805. The molecule has 1 aromatic heterocycles. The maximum absolute atomic E-state index is 12.1. The molecule has 0 atom stereocenters. The summed E-state index contributed by atoms with van der Waals surface area (Å²) in [5.74, 6) is -2.68. The Morgan fingerprint density at radius 1 is 1.57 bits per heavy atom. The van der Waals surface area contributed by atoms with Crippen LogP contribution >= 0.6 is 11.6 Å². The van der Waals surface area contributed by atoms with E-state index in [0.29, 0.717) is 0 Å². The molecule has 0 saturated heterocycles. The summed E-state index contributed by atoms with van der Waals surface area (Å²) in [6.45, 7) is 0. The van der Waals surface area contributed by atoms with E-state index in [1.54, 1.807) is 0 Å². The molecule has 0 bridgehead atoms. The van der Waals surface area contributed by atoms with Crippen molar-refractivity contribution < 1.29 is 23.8 Å². The molecule has 0 aliphatic rings. The van der Waals surface area contributed by atoms with E-state index < -0.39 is 29.4 Å². The number of rotatable bonds is 2. The summed E-state index contributed by atoms with van der Waals surface area (Å²) < 4.78 is 24.3. The molecular weight excluding hydrogens is 220 g/mol. The van der Waals surface area contributed by atoms with E-state index in [9.17, 15) is 13.6 Å². The molecule has 0 aliphatic heterocycles. The van der Waals surface area contributed by atoms with Crippen LogP contribution in [0.3, 0.4) is 0 Å². The van der Waals surface area contributed by atoms with E-state index in [0.717, 1.165) is 6.20 Å². The maximum Gasteiger partial charge on any atom is 0.341 e. The molecule has 0 aliphatic carbocycles. The van der Waals surface area contributed by atoms with Crippen molar-refractivity contribution in [1.29, 1.82) is 0 Å². The minimum atomic E-state index is -3.05. The van der Waals surface area contributed by atoms with Crippen LogP contribution in [0, 0.1) is 0 Å². The van der Waals surface area contributed by atoms with Gasteiger partial charge in [0.15, 0.2) is 5.75 Å². The van der Waals surface area contributed by atoms with Gasteiger partial charge < -0.3 is 10.2 Å². The summed E-state index contributed by atoms with van der Waals surface area (Å²) in [4.78, 5) is 13.6. The number of aromatic carboxylic acids is 1. The average molecular weight is 224 g/mol. The second-order valence-electron chi connectivity index (χ2n) is 2.32. The van der Waals surface area contributed by atoms with Crippen molar-refractivity contribution in [2.45, 2.75) is 6.43 Å². The zero-order valence-electron chi connectivity index (χ0n) is 6.54. The van der Waals surface area contributed by atoms with Crippen molar-refractivity contribution in [2.75, 3.05) is 0 Å². The molecule has 0 fully saturated rings. The Balaban J connectivity index is 3.41. The molecule has 0 spiro atoms. The van der Waals surface area contributed by atoms with Crippen LogP contribution in [0.15, 0.2) is 6.20 Å². The third-order valence-corrected chi connectivity index (χ3v) is 1.74.